The lowest BCUT2D eigenvalue weighted by Crippen LogP contribution is -1.78. The van der Waals surface area contributed by atoms with E-state index in [-0.39, 0.29) is 0 Å². The third-order valence-corrected chi connectivity index (χ3v) is 1.55. The molecular weight excluding hydrogens is 148 g/mol. The standard InChI is InChI=1S/C11H16O/c1-5-9(2)6-10(3)7-11(4)8-12/h5-8H,1-4H3/b9-5+,10-6+,11-7+. The van der Waals surface area contributed by atoms with Crippen molar-refractivity contribution in [2.24, 2.45) is 0 Å². The Morgan fingerprint density at radius 2 is 1.42 bits per heavy atom. The summed E-state index contributed by atoms with van der Waals surface area (Å²) in [6.45, 7) is 7.82. The van der Waals surface area contributed by atoms with Crippen molar-refractivity contribution in [1.29, 1.82) is 0 Å². The number of carbonyl (C=O) groups is 1. The van der Waals surface area contributed by atoms with E-state index in [4.69, 9.17) is 0 Å². The molecule has 0 fully saturated rings. The van der Waals surface area contributed by atoms with Crippen LogP contribution in [-0.4, -0.2) is 6.29 Å². The van der Waals surface area contributed by atoms with Crippen LogP contribution in [0.5, 0.6) is 0 Å². The van der Waals surface area contributed by atoms with Crippen molar-refractivity contribution in [3.63, 3.8) is 0 Å². The minimum absolute atomic E-state index is 0.757. The first kappa shape index (κ1) is 10.9. The van der Waals surface area contributed by atoms with E-state index in [0.29, 0.717) is 0 Å². The molecule has 12 heavy (non-hydrogen) atoms. The second-order valence-electron chi connectivity index (χ2n) is 2.93. The molecule has 0 aromatic rings. The van der Waals surface area contributed by atoms with Gasteiger partial charge in [-0.1, -0.05) is 29.4 Å². The summed E-state index contributed by atoms with van der Waals surface area (Å²) in [5.74, 6) is 0. The maximum Gasteiger partial charge on any atom is 0.145 e. The molecule has 66 valence electrons. The molecular formula is C11H16O. The number of allylic oxidation sites excluding steroid dienone is 6. The molecule has 0 heterocycles. The lowest BCUT2D eigenvalue weighted by molar-refractivity contribution is -0.104. The average molecular weight is 164 g/mol. The van der Waals surface area contributed by atoms with Gasteiger partial charge in [-0.05, 0) is 33.3 Å². The molecule has 0 amide bonds. The van der Waals surface area contributed by atoms with Crippen LogP contribution in [0, 0.1) is 0 Å². The van der Waals surface area contributed by atoms with Gasteiger partial charge >= 0.3 is 0 Å². The molecule has 1 nitrogen and oxygen atoms in total. The highest BCUT2D eigenvalue weighted by atomic mass is 16.1. The molecule has 0 saturated heterocycles. The smallest absolute Gasteiger partial charge is 0.145 e. The summed E-state index contributed by atoms with van der Waals surface area (Å²) >= 11 is 0. The highest BCUT2D eigenvalue weighted by Crippen LogP contribution is 2.04. The minimum Gasteiger partial charge on any atom is -0.298 e. The Morgan fingerprint density at radius 3 is 1.83 bits per heavy atom. The van der Waals surface area contributed by atoms with Crippen LogP contribution in [0.4, 0.5) is 0 Å². The molecule has 0 rings (SSSR count). The minimum atomic E-state index is 0.757. The second kappa shape index (κ2) is 5.53. The van der Waals surface area contributed by atoms with Crippen molar-refractivity contribution >= 4 is 6.29 Å². The quantitative estimate of drug-likeness (QED) is 0.356. The predicted molar refractivity (Wildman–Crippen MR) is 53.0 cm³/mol. The summed E-state index contributed by atoms with van der Waals surface area (Å²) in [6.07, 6.45) is 6.82. The van der Waals surface area contributed by atoms with Crippen molar-refractivity contribution in [2.75, 3.05) is 0 Å². The normalized spacial score (nSPS) is 14.8. The van der Waals surface area contributed by atoms with Gasteiger partial charge in [0.1, 0.15) is 6.29 Å². The third kappa shape index (κ3) is 4.67. The summed E-state index contributed by atoms with van der Waals surface area (Å²) < 4.78 is 0. The average Bonchev–Trinajstić information content (AvgIpc) is 2.03. The van der Waals surface area contributed by atoms with E-state index in [1.54, 1.807) is 6.92 Å². The Bertz CT molecular complexity index is 242. The van der Waals surface area contributed by atoms with Gasteiger partial charge in [0.15, 0.2) is 0 Å². The Kier molecular flexibility index (Phi) is 5.02. The molecule has 0 unspecified atom stereocenters. The van der Waals surface area contributed by atoms with Gasteiger partial charge in [0.2, 0.25) is 0 Å². The Balaban J connectivity index is 4.50. The first-order valence-electron chi connectivity index (χ1n) is 4.05. The van der Waals surface area contributed by atoms with Gasteiger partial charge in [-0.25, -0.2) is 0 Å². The number of aldehydes is 1. The van der Waals surface area contributed by atoms with E-state index in [9.17, 15) is 4.79 Å². The van der Waals surface area contributed by atoms with E-state index in [1.807, 2.05) is 39.0 Å². The van der Waals surface area contributed by atoms with Crippen molar-refractivity contribution in [3.05, 3.63) is 34.9 Å². The fraction of sp³-hybridized carbons (Fsp3) is 0.364. The van der Waals surface area contributed by atoms with Crippen LogP contribution < -0.4 is 0 Å². The SMILES string of the molecule is C/C=C(C)/C=C(C)/C=C(\C)C=O. The van der Waals surface area contributed by atoms with Crippen molar-refractivity contribution in [3.8, 4) is 0 Å². The second-order valence-corrected chi connectivity index (χ2v) is 2.93. The molecule has 0 aromatic carbocycles. The maximum absolute atomic E-state index is 10.3. The Morgan fingerprint density at radius 1 is 0.917 bits per heavy atom. The maximum atomic E-state index is 10.3. The summed E-state index contributed by atoms with van der Waals surface area (Å²) in [5.41, 5.74) is 3.07. The number of hydrogen-bond acceptors (Lipinski definition) is 1. The van der Waals surface area contributed by atoms with Crippen LogP contribution in [0.2, 0.25) is 0 Å². The molecule has 0 aliphatic rings. The van der Waals surface area contributed by atoms with Crippen molar-refractivity contribution in [2.45, 2.75) is 27.7 Å². The first-order valence-corrected chi connectivity index (χ1v) is 4.05. The molecule has 0 N–H and O–H groups in total. The fourth-order valence-corrected chi connectivity index (χ4v) is 0.877. The topological polar surface area (TPSA) is 17.1 Å². The zero-order chi connectivity index (χ0) is 9.56. The molecule has 0 spiro atoms. The number of hydrogen-bond donors (Lipinski definition) is 0. The summed E-state index contributed by atoms with van der Waals surface area (Å²) in [4.78, 5) is 10.3. The van der Waals surface area contributed by atoms with Crippen LogP contribution in [-0.2, 0) is 4.79 Å². The zero-order valence-electron chi connectivity index (χ0n) is 8.22. The third-order valence-electron chi connectivity index (χ3n) is 1.55. The molecule has 0 atom stereocenters. The molecule has 0 aliphatic heterocycles. The van der Waals surface area contributed by atoms with Crippen LogP contribution in [0.25, 0.3) is 0 Å². The highest BCUT2D eigenvalue weighted by molar-refractivity contribution is 5.73. The van der Waals surface area contributed by atoms with E-state index in [2.05, 4.69) is 0 Å². The van der Waals surface area contributed by atoms with E-state index in [0.717, 1.165) is 17.4 Å². The molecule has 0 radical (unpaired) electrons. The molecule has 0 aromatic heterocycles. The molecule has 0 aliphatic carbocycles. The van der Waals surface area contributed by atoms with Crippen LogP contribution >= 0.6 is 0 Å². The van der Waals surface area contributed by atoms with Crippen LogP contribution in [0.3, 0.4) is 0 Å². The van der Waals surface area contributed by atoms with Crippen molar-refractivity contribution in [1.82, 2.24) is 0 Å². The lowest BCUT2D eigenvalue weighted by Gasteiger charge is -1.94. The lowest BCUT2D eigenvalue weighted by atomic mass is 10.1. The summed E-state index contributed by atoms with van der Waals surface area (Å²) in [7, 11) is 0. The van der Waals surface area contributed by atoms with Gasteiger partial charge in [-0.15, -0.1) is 0 Å². The van der Waals surface area contributed by atoms with Crippen LogP contribution in [0.1, 0.15) is 27.7 Å². The van der Waals surface area contributed by atoms with Crippen LogP contribution in [0.15, 0.2) is 34.9 Å². The van der Waals surface area contributed by atoms with Crippen molar-refractivity contribution < 1.29 is 4.79 Å². The number of rotatable bonds is 3. The fourth-order valence-electron chi connectivity index (χ4n) is 0.877. The van der Waals surface area contributed by atoms with Gasteiger partial charge < -0.3 is 0 Å². The Labute approximate surface area is 74.5 Å². The molecule has 0 saturated carbocycles. The first-order chi connectivity index (χ1) is 5.60. The van der Waals surface area contributed by atoms with Gasteiger partial charge in [-0.3, -0.25) is 4.79 Å². The van der Waals surface area contributed by atoms with Gasteiger partial charge in [0.25, 0.3) is 0 Å². The van der Waals surface area contributed by atoms with E-state index >= 15 is 0 Å². The molecule has 0 bridgehead atoms. The van der Waals surface area contributed by atoms with E-state index < -0.39 is 0 Å². The summed E-state index contributed by atoms with van der Waals surface area (Å²) in [6, 6.07) is 0. The monoisotopic (exact) mass is 164 g/mol. The van der Waals surface area contributed by atoms with Gasteiger partial charge in [-0.2, -0.15) is 0 Å². The Hall–Kier alpha value is -1.11. The molecule has 1 heteroatoms. The van der Waals surface area contributed by atoms with Gasteiger partial charge in [0.05, 0.1) is 0 Å². The zero-order valence-corrected chi connectivity index (χ0v) is 8.22. The van der Waals surface area contributed by atoms with Gasteiger partial charge in [0, 0.05) is 0 Å². The summed E-state index contributed by atoms with van der Waals surface area (Å²) in [5, 5.41) is 0. The predicted octanol–water partition coefficient (Wildman–Crippen LogP) is 3.04. The highest BCUT2D eigenvalue weighted by Gasteiger charge is 1.87. The van der Waals surface area contributed by atoms with E-state index in [1.165, 1.54) is 5.57 Å². The number of carbonyl (C=O) groups excluding carboxylic acids is 1. The largest absolute Gasteiger partial charge is 0.298 e.